The van der Waals surface area contributed by atoms with Gasteiger partial charge in [-0.15, -0.1) is 0 Å². The number of thiocarbonyl (C=S) groups is 1. The summed E-state index contributed by atoms with van der Waals surface area (Å²) in [5, 5.41) is 6.88. The fraction of sp³-hybridized carbons (Fsp3) is 0.227. The lowest BCUT2D eigenvalue weighted by Crippen LogP contribution is -2.32. The maximum Gasteiger partial charge on any atom is 0.226 e. The molecule has 1 aliphatic rings. The zero-order valence-electron chi connectivity index (χ0n) is 16.0. The Kier molecular flexibility index (Phi) is 5.57. The molecule has 1 fully saturated rings. The Balaban J connectivity index is 1.49. The second-order valence-corrected chi connectivity index (χ2v) is 7.39. The van der Waals surface area contributed by atoms with Gasteiger partial charge in [-0.1, -0.05) is 18.2 Å². The number of aryl methyl sites for hydroxylation is 1. The molecule has 0 aliphatic carbocycles. The van der Waals surface area contributed by atoms with Gasteiger partial charge < -0.3 is 20.0 Å². The number of carbonyl (C=O) groups is 1. The molecule has 0 radical (unpaired) electrons. The SMILES string of the molecule is Cc1cccc(NC(=O)CCN2C(=S)N[C@H](c3ccccn3)[C@@H]2c2ccco2)c1. The lowest BCUT2D eigenvalue weighted by molar-refractivity contribution is -0.116. The summed E-state index contributed by atoms with van der Waals surface area (Å²) in [6.45, 7) is 2.47. The maximum atomic E-state index is 12.5. The summed E-state index contributed by atoms with van der Waals surface area (Å²) in [7, 11) is 0. The molecule has 0 saturated carbocycles. The highest BCUT2D eigenvalue weighted by Gasteiger charge is 2.41. The van der Waals surface area contributed by atoms with Crippen molar-refractivity contribution in [2.24, 2.45) is 0 Å². The van der Waals surface area contributed by atoms with Crippen LogP contribution in [-0.2, 0) is 4.79 Å². The summed E-state index contributed by atoms with van der Waals surface area (Å²) >= 11 is 5.58. The number of furan rings is 1. The normalized spacial score (nSPS) is 18.5. The van der Waals surface area contributed by atoms with Gasteiger partial charge in [0.2, 0.25) is 5.91 Å². The fourth-order valence-electron chi connectivity index (χ4n) is 3.58. The van der Waals surface area contributed by atoms with E-state index in [1.165, 1.54) is 0 Å². The zero-order valence-corrected chi connectivity index (χ0v) is 16.9. The van der Waals surface area contributed by atoms with Crippen molar-refractivity contribution >= 4 is 28.9 Å². The number of rotatable bonds is 6. The minimum absolute atomic E-state index is 0.0575. The minimum Gasteiger partial charge on any atom is -0.467 e. The molecule has 148 valence electrons. The fourth-order valence-corrected chi connectivity index (χ4v) is 3.91. The topological polar surface area (TPSA) is 70.4 Å². The summed E-state index contributed by atoms with van der Waals surface area (Å²) in [4.78, 5) is 19.0. The Hall–Kier alpha value is -3.19. The van der Waals surface area contributed by atoms with Gasteiger partial charge in [-0.2, -0.15) is 0 Å². The average Bonchev–Trinajstić information content (AvgIpc) is 3.35. The first-order valence-electron chi connectivity index (χ1n) is 9.50. The molecule has 2 N–H and O–H groups in total. The van der Waals surface area contributed by atoms with Crippen LogP contribution in [0, 0.1) is 6.92 Å². The Bertz CT molecular complexity index is 991. The number of carbonyl (C=O) groups excluding carboxylic acids is 1. The number of aromatic nitrogens is 1. The monoisotopic (exact) mass is 406 g/mol. The molecule has 1 saturated heterocycles. The number of pyridine rings is 1. The van der Waals surface area contributed by atoms with E-state index in [0.717, 1.165) is 22.7 Å². The molecule has 1 aromatic carbocycles. The van der Waals surface area contributed by atoms with Gasteiger partial charge in [-0.3, -0.25) is 9.78 Å². The molecule has 3 heterocycles. The molecule has 0 unspecified atom stereocenters. The van der Waals surface area contributed by atoms with E-state index < -0.39 is 0 Å². The molecule has 2 aromatic heterocycles. The maximum absolute atomic E-state index is 12.5. The highest BCUT2D eigenvalue weighted by molar-refractivity contribution is 7.80. The largest absolute Gasteiger partial charge is 0.467 e. The number of hydrogen-bond acceptors (Lipinski definition) is 4. The molecule has 1 aliphatic heterocycles. The smallest absolute Gasteiger partial charge is 0.226 e. The molecule has 0 spiro atoms. The van der Waals surface area contributed by atoms with Crippen molar-refractivity contribution in [3.05, 3.63) is 84.1 Å². The van der Waals surface area contributed by atoms with E-state index in [2.05, 4.69) is 15.6 Å². The van der Waals surface area contributed by atoms with Crippen LogP contribution >= 0.6 is 12.2 Å². The Morgan fingerprint density at radius 1 is 1.24 bits per heavy atom. The van der Waals surface area contributed by atoms with Crippen molar-refractivity contribution in [3.63, 3.8) is 0 Å². The van der Waals surface area contributed by atoms with Gasteiger partial charge in [0.1, 0.15) is 11.8 Å². The van der Waals surface area contributed by atoms with Gasteiger partial charge in [0.15, 0.2) is 5.11 Å². The highest BCUT2D eigenvalue weighted by Crippen LogP contribution is 2.38. The molecule has 29 heavy (non-hydrogen) atoms. The van der Waals surface area contributed by atoms with Crippen molar-refractivity contribution in [1.82, 2.24) is 15.2 Å². The lowest BCUT2D eigenvalue weighted by atomic mass is 10.0. The van der Waals surface area contributed by atoms with Gasteiger partial charge in [0.05, 0.1) is 18.0 Å². The molecule has 1 amide bonds. The predicted molar refractivity (Wildman–Crippen MR) is 115 cm³/mol. The Labute approximate surface area is 174 Å². The van der Waals surface area contributed by atoms with Crippen LogP contribution in [0.4, 0.5) is 5.69 Å². The molecule has 3 aromatic rings. The molecular weight excluding hydrogens is 384 g/mol. The van der Waals surface area contributed by atoms with E-state index in [1.807, 2.05) is 66.4 Å². The van der Waals surface area contributed by atoms with Gasteiger partial charge >= 0.3 is 0 Å². The van der Waals surface area contributed by atoms with Crippen LogP contribution in [0.5, 0.6) is 0 Å². The van der Waals surface area contributed by atoms with E-state index in [4.69, 9.17) is 16.6 Å². The third-order valence-electron chi connectivity index (χ3n) is 4.91. The molecule has 2 atom stereocenters. The van der Waals surface area contributed by atoms with Gasteiger partial charge in [0, 0.05) is 24.8 Å². The summed E-state index contributed by atoms with van der Waals surface area (Å²) in [6, 6.07) is 17.0. The van der Waals surface area contributed by atoms with Gasteiger partial charge in [-0.25, -0.2) is 0 Å². The summed E-state index contributed by atoms with van der Waals surface area (Å²) in [6.07, 6.45) is 3.72. The number of hydrogen-bond donors (Lipinski definition) is 2. The third-order valence-corrected chi connectivity index (χ3v) is 5.27. The highest BCUT2D eigenvalue weighted by atomic mass is 32.1. The molecular formula is C22H22N4O2S. The number of nitrogens with zero attached hydrogens (tertiary/aromatic N) is 2. The number of anilines is 1. The second kappa shape index (κ2) is 8.45. The first kappa shape index (κ1) is 19.1. The average molecular weight is 407 g/mol. The van der Waals surface area contributed by atoms with Crippen LogP contribution in [0.15, 0.2) is 71.5 Å². The summed E-state index contributed by atoms with van der Waals surface area (Å²) in [5.41, 5.74) is 2.78. The Morgan fingerprint density at radius 2 is 2.14 bits per heavy atom. The first-order valence-corrected chi connectivity index (χ1v) is 9.90. The van der Waals surface area contributed by atoms with Crippen molar-refractivity contribution in [3.8, 4) is 0 Å². The predicted octanol–water partition coefficient (Wildman–Crippen LogP) is 3.98. The third kappa shape index (κ3) is 4.30. The van der Waals surface area contributed by atoms with Crippen LogP contribution in [0.1, 0.15) is 35.5 Å². The first-order chi connectivity index (χ1) is 14.1. The van der Waals surface area contributed by atoms with Gasteiger partial charge in [-0.05, 0) is 61.1 Å². The van der Waals surface area contributed by atoms with Crippen molar-refractivity contribution < 1.29 is 9.21 Å². The summed E-state index contributed by atoms with van der Waals surface area (Å²) in [5.74, 6) is 0.727. The van der Waals surface area contributed by atoms with Crippen molar-refractivity contribution in [1.29, 1.82) is 0 Å². The van der Waals surface area contributed by atoms with Crippen molar-refractivity contribution in [2.75, 3.05) is 11.9 Å². The molecule has 4 rings (SSSR count). The number of benzene rings is 1. The molecule has 6 nitrogen and oxygen atoms in total. The molecule has 7 heteroatoms. The van der Waals surface area contributed by atoms with E-state index in [-0.39, 0.29) is 18.0 Å². The van der Waals surface area contributed by atoms with Crippen LogP contribution < -0.4 is 10.6 Å². The number of amides is 1. The summed E-state index contributed by atoms with van der Waals surface area (Å²) < 4.78 is 5.69. The quantitative estimate of drug-likeness (QED) is 0.604. The van der Waals surface area contributed by atoms with E-state index >= 15 is 0 Å². The second-order valence-electron chi connectivity index (χ2n) is 7.00. The lowest BCUT2D eigenvalue weighted by Gasteiger charge is -2.25. The van der Waals surface area contributed by atoms with Crippen molar-refractivity contribution in [2.45, 2.75) is 25.4 Å². The van der Waals surface area contributed by atoms with E-state index in [9.17, 15) is 4.79 Å². The van der Waals surface area contributed by atoms with Crippen LogP contribution in [0.2, 0.25) is 0 Å². The van der Waals surface area contributed by atoms with Crippen LogP contribution in [0.3, 0.4) is 0 Å². The van der Waals surface area contributed by atoms with Gasteiger partial charge in [0.25, 0.3) is 0 Å². The molecule has 0 bridgehead atoms. The zero-order chi connectivity index (χ0) is 20.2. The van der Waals surface area contributed by atoms with E-state index in [1.54, 1.807) is 12.5 Å². The van der Waals surface area contributed by atoms with Crippen LogP contribution in [-0.4, -0.2) is 27.4 Å². The number of nitrogens with one attached hydrogen (secondary N) is 2. The minimum atomic E-state index is -0.167. The standard InChI is InChI=1S/C22H22N4O2S/c1-15-6-4-7-16(14-15)24-19(27)10-12-26-21(18-9-5-13-28-18)20(25-22(26)29)17-8-2-3-11-23-17/h2-9,11,13-14,20-21H,10,12H2,1H3,(H,24,27)(H,25,29)/t20-,21+/m1/s1. The Morgan fingerprint density at radius 3 is 2.86 bits per heavy atom. The van der Waals surface area contributed by atoms with E-state index in [0.29, 0.717) is 18.1 Å². The van der Waals surface area contributed by atoms with Crippen LogP contribution in [0.25, 0.3) is 0 Å².